The molecule has 0 radical (unpaired) electrons. The van der Waals surface area contributed by atoms with Crippen LogP contribution < -0.4 is 0 Å². The zero-order valence-corrected chi connectivity index (χ0v) is 14.0. The monoisotopic (exact) mass is 338 g/mol. The Kier molecular flexibility index (Phi) is 3.83. The second kappa shape index (κ2) is 6.16. The van der Waals surface area contributed by atoms with E-state index in [0.717, 1.165) is 5.56 Å². The molecule has 1 amide bonds. The Morgan fingerprint density at radius 2 is 1.84 bits per heavy atom. The Balaban J connectivity index is 1.65. The molecule has 1 saturated heterocycles. The summed E-state index contributed by atoms with van der Waals surface area (Å²) in [5, 5.41) is 7.75. The summed E-state index contributed by atoms with van der Waals surface area (Å²) >= 11 is 0. The van der Waals surface area contributed by atoms with Crippen molar-refractivity contribution in [1.82, 2.24) is 20.2 Å². The maximum atomic E-state index is 12.8. The van der Waals surface area contributed by atoms with Crippen molar-refractivity contribution in [2.45, 2.75) is 25.7 Å². The highest BCUT2D eigenvalue weighted by Gasteiger charge is 2.40. The van der Waals surface area contributed by atoms with E-state index in [9.17, 15) is 4.79 Å². The number of nitrogens with zero attached hydrogens (tertiary/aromatic N) is 4. The molecule has 0 aliphatic carbocycles. The molecule has 128 valence electrons. The minimum absolute atomic E-state index is 0.0412. The fourth-order valence-corrected chi connectivity index (χ4v) is 3.35. The third kappa shape index (κ3) is 2.93. The van der Waals surface area contributed by atoms with Crippen LogP contribution in [0.25, 0.3) is 0 Å². The number of hydrogen-bond acceptors (Lipinski definition) is 6. The number of benzene rings is 1. The van der Waals surface area contributed by atoms with Crippen molar-refractivity contribution in [3.63, 3.8) is 0 Å². The smallest absolute Gasteiger partial charge is 0.276 e. The third-order valence-corrected chi connectivity index (χ3v) is 4.54. The standard InChI is InChI=1S/C18H18N4O3/c1-11-8-16(21-24-11)18(23)22-9-14(13-6-4-3-5-7-13)15(10-22)17-19-12(2)20-25-17/h3-8,14-15H,9-10H2,1-2H3/t14-,15+/m1/s1. The fraction of sp³-hybridized carbons (Fsp3) is 0.333. The maximum absolute atomic E-state index is 12.8. The van der Waals surface area contributed by atoms with Crippen LogP contribution in [0, 0.1) is 13.8 Å². The lowest BCUT2D eigenvalue weighted by Gasteiger charge is -2.15. The average molecular weight is 338 g/mol. The molecule has 0 bridgehead atoms. The van der Waals surface area contributed by atoms with E-state index >= 15 is 0 Å². The molecule has 1 aliphatic heterocycles. The molecule has 0 N–H and O–H groups in total. The van der Waals surface area contributed by atoms with Crippen LogP contribution in [0.4, 0.5) is 0 Å². The van der Waals surface area contributed by atoms with Crippen LogP contribution in [0.15, 0.2) is 45.4 Å². The van der Waals surface area contributed by atoms with Crippen LogP contribution in [0.1, 0.15) is 45.4 Å². The van der Waals surface area contributed by atoms with Gasteiger partial charge in [-0.2, -0.15) is 4.98 Å². The van der Waals surface area contributed by atoms with Crippen molar-refractivity contribution in [2.24, 2.45) is 0 Å². The minimum Gasteiger partial charge on any atom is -0.361 e. The molecule has 3 heterocycles. The number of likely N-dealkylation sites (tertiary alicyclic amines) is 1. The van der Waals surface area contributed by atoms with Crippen molar-refractivity contribution in [2.75, 3.05) is 13.1 Å². The summed E-state index contributed by atoms with van der Waals surface area (Å²) in [5.41, 5.74) is 1.47. The summed E-state index contributed by atoms with van der Waals surface area (Å²) in [4.78, 5) is 18.9. The minimum atomic E-state index is -0.142. The molecule has 0 saturated carbocycles. The van der Waals surface area contributed by atoms with Gasteiger partial charge in [-0.25, -0.2) is 0 Å². The molecule has 3 aromatic rings. The SMILES string of the molecule is Cc1noc([C@H]2CN(C(=O)c3cc(C)on3)C[C@@H]2c2ccccc2)n1. The average Bonchev–Trinajstić information content (AvgIpc) is 3.34. The van der Waals surface area contributed by atoms with Crippen molar-refractivity contribution in [1.29, 1.82) is 0 Å². The number of hydrogen-bond donors (Lipinski definition) is 0. The summed E-state index contributed by atoms with van der Waals surface area (Å²) in [5.74, 6) is 1.69. The zero-order valence-electron chi connectivity index (χ0n) is 14.0. The normalized spacial score (nSPS) is 20.2. The van der Waals surface area contributed by atoms with Crippen molar-refractivity contribution < 1.29 is 13.8 Å². The van der Waals surface area contributed by atoms with Crippen LogP contribution in [0.2, 0.25) is 0 Å². The number of carbonyl (C=O) groups excluding carboxylic acids is 1. The second-order valence-electron chi connectivity index (χ2n) is 6.34. The van der Waals surface area contributed by atoms with Crippen molar-refractivity contribution in [3.8, 4) is 0 Å². The molecule has 1 aliphatic rings. The van der Waals surface area contributed by atoms with E-state index in [-0.39, 0.29) is 17.7 Å². The Labute approximate surface area is 144 Å². The molecule has 2 atom stereocenters. The number of aryl methyl sites for hydroxylation is 2. The van der Waals surface area contributed by atoms with Gasteiger partial charge in [0.25, 0.3) is 5.91 Å². The Morgan fingerprint density at radius 3 is 2.48 bits per heavy atom. The van der Waals surface area contributed by atoms with E-state index in [4.69, 9.17) is 9.05 Å². The highest BCUT2D eigenvalue weighted by Crippen LogP contribution is 2.39. The van der Waals surface area contributed by atoms with E-state index in [2.05, 4.69) is 27.4 Å². The van der Waals surface area contributed by atoms with Crippen LogP contribution in [0.3, 0.4) is 0 Å². The van der Waals surface area contributed by atoms with E-state index in [1.165, 1.54) is 0 Å². The van der Waals surface area contributed by atoms with Gasteiger partial charge in [0.2, 0.25) is 5.89 Å². The van der Waals surface area contributed by atoms with E-state index in [1.54, 1.807) is 24.8 Å². The maximum Gasteiger partial charge on any atom is 0.276 e. The third-order valence-electron chi connectivity index (χ3n) is 4.54. The highest BCUT2D eigenvalue weighted by atomic mass is 16.5. The quantitative estimate of drug-likeness (QED) is 0.730. The molecule has 4 rings (SSSR count). The van der Waals surface area contributed by atoms with Crippen molar-refractivity contribution in [3.05, 3.63) is 65.1 Å². The summed E-state index contributed by atoms with van der Waals surface area (Å²) < 4.78 is 10.4. The lowest BCUT2D eigenvalue weighted by atomic mass is 9.89. The predicted octanol–water partition coefficient (Wildman–Crippen LogP) is 2.70. The summed E-state index contributed by atoms with van der Waals surface area (Å²) in [6.45, 7) is 4.64. The second-order valence-corrected chi connectivity index (χ2v) is 6.34. The van der Waals surface area contributed by atoms with Crippen molar-refractivity contribution >= 4 is 5.91 Å². The van der Waals surface area contributed by atoms with Gasteiger partial charge in [-0.05, 0) is 19.4 Å². The number of carbonyl (C=O) groups is 1. The first-order valence-corrected chi connectivity index (χ1v) is 8.19. The molecular weight excluding hydrogens is 320 g/mol. The van der Waals surface area contributed by atoms with Gasteiger partial charge in [0, 0.05) is 25.1 Å². The van der Waals surface area contributed by atoms with E-state index in [0.29, 0.717) is 36.3 Å². The molecule has 1 fully saturated rings. The van der Waals surface area contributed by atoms with Gasteiger partial charge in [0.1, 0.15) is 5.76 Å². The lowest BCUT2D eigenvalue weighted by Crippen LogP contribution is -2.29. The van der Waals surface area contributed by atoms with Gasteiger partial charge < -0.3 is 13.9 Å². The molecule has 7 heteroatoms. The van der Waals surface area contributed by atoms with Crippen LogP contribution >= 0.6 is 0 Å². The van der Waals surface area contributed by atoms with E-state index in [1.807, 2.05) is 18.2 Å². The number of aromatic nitrogens is 3. The van der Waals surface area contributed by atoms with Gasteiger partial charge in [0.05, 0.1) is 5.92 Å². The predicted molar refractivity (Wildman–Crippen MR) is 88.1 cm³/mol. The van der Waals surface area contributed by atoms with E-state index < -0.39 is 0 Å². The molecule has 25 heavy (non-hydrogen) atoms. The number of rotatable bonds is 3. The Bertz CT molecular complexity index is 887. The van der Waals surface area contributed by atoms with Gasteiger partial charge in [-0.15, -0.1) is 0 Å². The first-order valence-electron chi connectivity index (χ1n) is 8.19. The molecule has 0 unspecified atom stereocenters. The summed E-state index contributed by atoms with van der Waals surface area (Å²) in [6, 6.07) is 11.8. The van der Waals surface area contributed by atoms with Gasteiger partial charge in [0.15, 0.2) is 11.5 Å². The zero-order chi connectivity index (χ0) is 17.4. The molecular formula is C18H18N4O3. The fourth-order valence-electron chi connectivity index (χ4n) is 3.35. The van der Waals surface area contributed by atoms with Gasteiger partial charge >= 0.3 is 0 Å². The van der Waals surface area contributed by atoms with Crippen LogP contribution in [0.5, 0.6) is 0 Å². The topological polar surface area (TPSA) is 85.3 Å². The Morgan fingerprint density at radius 1 is 1.08 bits per heavy atom. The van der Waals surface area contributed by atoms with Crippen LogP contribution in [-0.4, -0.2) is 39.2 Å². The molecule has 2 aromatic heterocycles. The first-order chi connectivity index (χ1) is 12.1. The molecule has 7 nitrogen and oxygen atoms in total. The highest BCUT2D eigenvalue weighted by molar-refractivity contribution is 5.92. The largest absolute Gasteiger partial charge is 0.361 e. The Hall–Kier alpha value is -2.96. The summed E-state index contributed by atoms with van der Waals surface area (Å²) in [7, 11) is 0. The first kappa shape index (κ1) is 15.6. The molecule has 0 spiro atoms. The lowest BCUT2D eigenvalue weighted by molar-refractivity contribution is 0.0777. The van der Waals surface area contributed by atoms with Gasteiger partial charge in [-0.1, -0.05) is 40.6 Å². The van der Waals surface area contributed by atoms with Crippen LogP contribution in [-0.2, 0) is 0 Å². The summed E-state index contributed by atoms with van der Waals surface area (Å²) in [6.07, 6.45) is 0. The number of amides is 1. The van der Waals surface area contributed by atoms with Gasteiger partial charge in [-0.3, -0.25) is 4.79 Å². The molecule has 1 aromatic carbocycles.